The lowest BCUT2D eigenvalue weighted by atomic mass is 10.2. The van der Waals surface area contributed by atoms with Gasteiger partial charge in [-0.15, -0.1) is 0 Å². The van der Waals surface area contributed by atoms with Gasteiger partial charge >= 0.3 is 5.97 Å². The highest BCUT2D eigenvalue weighted by Gasteiger charge is 2.04. The lowest BCUT2D eigenvalue weighted by Gasteiger charge is -2.08. The molecule has 15 heavy (non-hydrogen) atoms. The van der Waals surface area contributed by atoms with Crippen molar-refractivity contribution in [1.82, 2.24) is 0 Å². The van der Waals surface area contributed by atoms with Crippen LogP contribution in [0.5, 0.6) is 5.75 Å². The van der Waals surface area contributed by atoms with Crippen molar-refractivity contribution in [3.05, 3.63) is 29.8 Å². The first-order chi connectivity index (χ1) is 7.24. The topological polar surface area (TPSA) is 61.5 Å². The molecule has 0 heterocycles. The molecule has 0 saturated heterocycles. The fourth-order valence-corrected chi connectivity index (χ4v) is 1.07. The van der Waals surface area contributed by atoms with Crippen molar-refractivity contribution in [2.45, 2.75) is 6.92 Å². The quantitative estimate of drug-likeness (QED) is 0.731. The molecule has 0 aliphatic heterocycles. The van der Waals surface area contributed by atoms with E-state index in [0.717, 1.165) is 5.56 Å². The summed E-state index contributed by atoms with van der Waals surface area (Å²) >= 11 is 0. The summed E-state index contributed by atoms with van der Waals surface area (Å²) in [5.74, 6) is 0.297. The Balaban J connectivity index is 2.37. The van der Waals surface area contributed by atoms with Crippen molar-refractivity contribution in [3.8, 4) is 5.75 Å². The van der Waals surface area contributed by atoms with Gasteiger partial charge in [-0.1, -0.05) is 18.2 Å². The molecule has 2 N–H and O–H groups in total. The van der Waals surface area contributed by atoms with E-state index in [9.17, 15) is 4.79 Å². The summed E-state index contributed by atoms with van der Waals surface area (Å²) in [6, 6.07) is 7.49. The zero-order chi connectivity index (χ0) is 11.1. The van der Waals surface area contributed by atoms with Crippen molar-refractivity contribution < 1.29 is 14.3 Å². The number of carbonyl (C=O) groups is 1. The van der Waals surface area contributed by atoms with Crippen LogP contribution < -0.4 is 10.5 Å². The molecule has 0 saturated carbocycles. The summed E-state index contributed by atoms with van der Waals surface area (Å²) in [6.07, 6.45) is 0. The van der Waals surface area contributed by atoms with Crippen LogP contribution in [0.15, 0.2) is 24.3 Å². The van der Waals surface area contributed by atoms with Gasteiger partial charge in [-0.05, 0) is 18.6 Å². The second-order valence-corrected chi connectivity index (χ2v) is 3.06. The minimum atomic E-state index is -0.399. The zero-order valence-corrected chi connectivity index (χ0v) is 8.73. The third kappa shape index (κ3) is 3.99. The Bertz CT molecular complexity index is 325. The highest BCUT2D eigenvalue weighted by Crippen LogP contribution is 2.15. The molecule has 0 fully saturated rings. The number of carbonyl (C=O) groups excluding carboxylic acids is 1. The van der Waals surface area contributed by atoms with E-state index < -0.39 is 5.97 Å². The van der Waals surface area contributed by atoms with Gasteiger partial charge in [-0.3, -0.25) is 0 Å². The molecule has 0 amide bonds. The van der Waals surface area contributed by atoms with Crippen LogP contribution in [0.2, 0.25) is 0 Å². The fraction of sp³-hybridized carbons (Fsp3) is 0.364. The van der Waals surface area contributed by atoms with Gasteiger partial charge in [0.05, 0.1) is 0 Å². The highest BCUT2D eigenvalue weighted by molar-refractivity contribution is 5.71. The van der Waals surface area contributed by atoms with Gasteiger partial charge in [-0.25, -0.2) is 4.79 Å². The highest BCUT2D eigenvalue weighted by atomic mass is 16.6. The Hall–Kier alpha value is -1.55. The second kappa shape index (κ2) is 6.03. The van der Waals surface area contributed by atoms with Crippen molar-refractivity contribution in [2.24, 2.45) is 5.73 Å². The van der Waals surface area contributed by atoms with Gasteiger partial charge in [0.2, 0.25) is 0 Å². The molecule has 0 spiro atoms. The average Bonchev–Trinajstić information content (AvgIpc) is 2.25. The molecule has 1 aromatic carbocycles. The number of nitrogens with two attached hydrogens (primary N) is 1. The number of para-hydroxylation sites is 1. The lowest BCUT2D eigenvalue weighted by Crippen LogP contribution is -2.19. The molecule has 0 atom stereocenters. The van der Waals surface area contributed by atoms with E-state index >= 15 is 0 Å². The second-order valence-electron chi connectivity index (χ2n) is 3.06. The first kappa shape index (κ1) is 11.5. The van der Waals surface area contributed by atoms with E-state index in [1.54, 1.807) is 0 Å². The fourth-order valence-electron chi connectivity index (χ4n) is 1.07. The lowest BCUT2D eigenvalue weighted by molar-refractivity contribution is -0.145. The Labute approximate surface area is 89.0 Å². The van der Waals surface area contributed by atoms with Crippen LogP contribution in [0.4, 0.5) is 0 Å². The number of rotatable bonds is 5. The SMILES string of the molecule is Cc1ccccc1OCC(=O)OCCN. The van der Waals surface area contributed by atoms with Crippen LogP contribution in [0.25, 0.3) is 0 Å². The van der Waals surface area contributed by atoms with Crippen LogP contribution in [0.3, 0.4) is 0 Å². The third-order valence-electron chi connectivity index (χ3n) is 1.82. The molecular formula is C11H15NO3. The Kier molecular flexibility index (Phi) is 4.63. The molecule has 1 aromatic rings. The van der Waals surface area contributed by atoms with Crippen LogP contribution >= 0.6 is 0 Å². The summed E-state index contributed by atoms with van der Waals surface area (Å²) in [6.45, 7) is 2.40. The molecular weight excluding hydrogens is 194 g/mol. The maximum absolute atomic E-state index is 11.1. The molecule has 0 aromatic heterocycles. The summed E-state index contributed by atoms with van der Waals surface area (Å²) in [5.41, 5.74) is 6.18. The number of hydrogen-bond donors (Lipinski definition) is 1. The molecule has 1 rings (SSSR count). The Morgan fingerprint density at radius 2 is 2.13 bits per heavy atom. The van der Waals surface area contributed by atoms with Crippen LogP contribution in [0.1, 0.15) is 5.56 Å². The van der Waals surface area contributed by atoms with Crippen LogP contribution in [-0.4, -0.2) is 25.7 Å². The first-order valence-electron chi connectivity index (χ1n) is 4.78. The van der Waals surface area contributed by atoms with Gasteiger partial charge in [0.15, 0.2) is 6.61 Å². The molecule has 0 aliphatic carbocycles. The van der Waals surface area contributed by atoms with Crippen molar-refractivity contribution in [2.75, 3.05) is 19.8 Å². The number of benzene rings is 1. The molecule has 4 nitrogen and oxygen atoms in total. The van der Waals surface area contributed by atoms with Gasteiger partial charge in [0, 0.05) is 6.54 Å². The Morgan fingerprint density at radius 3 is 2.80 bits per heavy atom. The van der Waals surface area contributed by atoms with E-state index in [1.165, 1.54) is 0 Å². The monoisotopic (exact) mass is 209 g/mol. The maximum Gasteiger partial charge on any atom is 0.344 e. The third-order valence-corrected chi connectivity index (χ3v) is 1.82. The smallest absolute Gasteiger partial charge is 0.344 e. The summed E-state index contributed by atoms with van der Waals surface area (Å²) in [5, 5.41) is 0. The van der Waals surface area contributed by atoms with Crippen molar-refractivity contribution in [1.29, 1.82) is 0 Å². The standard InChI is InChI=1S/C11H15NO3/c1-9-4-2-3-5-10(9)15-8-11(13)14-7-6-12/h2-5H,6-8,12H2,1H3. The minimum Gasteiger partial charge on any atom is -0.482 e. The molecule has 0 bridgehead atoms. The van der Waals surface area contributed by atoms with Gasteiger partial charge in [0.1, 0.15) is 12.4 Å². The van der Waals surface area contributed by atoms with E-state index in [4.69, 9.17) is 15.2 Å². The minimum absolute atomic E-state index is 0.0785. The largest absolute Gasteiger partial charge is 0.482 e. The first-order valence-corrected chi connectivity index (χ1v) is 4.78. The predicted molar refractivity (Wildman–Crippen MR) is 56.7 cm³/mol. The van der Waals surface area contributed by atoms with E-state index in [-0.39, 0.29) is 13.2 Å². The molecule has 82 valence electrons. The van der Waals surface area contributed by atoms with Gasteiger partial charge < -0.3 is 15.2 Å². The Morgan fingerprint density at radius 1 is 1.40 bits per heavy atom. The molecule has 4 heteroatoms. The summed E-state index contributed by atoms with van der Waals surface area (Å²) < 4.78 is 10.0. The predicted octanol–water partition coefficient (Wildman–Crippen LogP) is 0.876. The number of esters is 1. The van der Waals surface area contributed by atoms with Gasteiger partial charge in [0.25, 0.3) is 0 Å². The van der Waals surface area contributed by atoms with Crippen molar-refractivity contribution in [3.63, 3.8) is 0 Å². The van der Waals surface area contributed by atoms with E-state index in [2.05, 4.69) is 0 Å². The number of hydrogen-bond acceptors (Lipinski definition) is 4. The summed E-state index contributed by atoms with van der Waals surface area (Å²) in [7, 11) is 0. The molecule has 0 radical (unpaired) electrons. The summed E-state index contributed by atoms with van der Waals surface area (Å²) in [4.78, 5) is 11.1. The van der Waals surface area contributed by atoms with Gasteiger partial charge in [-0.2, -0.15) is 0 Å². The maximum atomic E-state index is 11.1. The molecule has 0 unspecified atom stereocenters. The zero-order valence-electron chi connectivity index (χ0n) is 8.73. The van der Waals surface area contributed by atoms with Crippen LogP contribution in [0, 0.1) is 6.92 Å². The van der Waals surface area contributed by atoms with Crippen LogP contribution in [-0.2, 0) is 9.53 Å². The van der Waals surface area contributed by atoms with E-state index in [1.807, 2.05) is 31.2 Å². The van der Waals surface area contributed by atoms with Crippen molar-refractivity contribution >= 4 is 5.97 Å². The van der Waals surface area contributed by atoms with E-state index in [0.29, 0.717) is 12.3 Å². The molecule has 0 aliphatic rings. The number of aryl methyl sites for hydroxylation is 1. The normalized spacial score (nSPS) is 9.73. The average molecular weight is 209 g/mol. The number of ether oxygens (including phenoxy) is 2.